The quantitative estimate of drug-likeness (QED) is 0.568. The molecule has 11 heavy (non-hydrogen) atoms. The molecule has 1 aromatic heterocycles. The van der Waals surface area contributed by atoms with Gasteiger partial charge in [0, 0.05) is 18.3 Å². The zero-order chi connectivity index (χ0) is 7.68. The molecule has 0 unspecified atom stereocenters. The van der Waals surface area contributed by atoms with E-state index in [-0.39, 0.29) is 0 Å². The zero-order valence-corrected chi connectivity index (χ0v) is 6.32. The minimum atomic E-state index is 0.791. The molecule has 0 bridgehead atoms. The molecule has 0 fully saturated rings. The fourth-order valence-electron chi connectivity index (χ4n) is 1.28. The Kier molecular flexibility index (Phi) is 1.51. The van der Waals surface area contributed by atoms with Crippen LogP contribution in [0.15, 0.2) is 18.9 Å². The summed E-state index contributed by atoms with van der Waals surface area (Å²) < 4.78 is 1.91. The Hall–Kier alpha value is -1.09. The second kappa shape index (κ2) is 2.51. The molecule has 3 nitrogen and oxygen atoms in total. The summed E-state index contributed by atoms with van der Waals surface area (Å²) in [5, 5.41) is 8.54. The van der Waals surface area contributed by atoms with Crippen LogP contribution in [0.25, 0.3) is 0 Å². The van der Waals surface area contributed by atoms with E-state index in [0.717, 1.165) is 25.3 Å². The number of allylic oxidation sites excluding steroid dienone is 1. The molecule has 1 aliphatic rings. The minimum Gasteiger partial charge on any atom is -0.268 e. The van der Waals surface area contributed by atoms with Crippen molar-refractivity contribution < 1.29 is 0 Å². The highest BCUT2D eigenvalue weighted by atomic mass is 15.3. The van der Waals surface area contributed by atoms with Crippen LogP contribution in [0, 0.1) is 0 Å². The molecule has 2 rings (SSSR count). The molecule has 1 radical (unpaired) electrons. The Morgan fingerprint density at radius 3 is 3.27 bits per heavy atom. The van der Waals surface area contributed by atoms with Gasteiger partial charge in [-0.25, -0.2) is 5.32 Å². The van der Waals surface area contributed by atoms with E-state index in [1.807, 2.05) is 17.0 Å². The molecule has 0 saturated heterocycles. The van der Waals surface area contributed by atoms with Crippen molar-refractivity contribution in [2.75, 3.05) is 0 Å². The lowest BCUT2D eigenvalue weighted by molar-refractivity contribution is 0.649. The Labute approximate surface area is 65.7 Å². The summed E-state index contributed by atoms with van der Waals surface area (Å²) >= 11 is 0. The number of rotatable bonds is 2. The molecule has 0 saturated carbocycles. The van der Waals surface area contributed by atoms with Gasteiger partial charge in [0.1, 0.15) is 0 Å². The largest absolute Gasteiger partial charge is 0.268 e. The smallest absolute Gasteiger partial charge is 0.0825 e. The highest BCUT2D eigenvalue weighted by Gasteiger charge is 2.14. The highest BCUT2D eigenvalue weighted by molar-refractivity contribution is 5.20. The van der Waals surface area contributed by atoms with Crippen molar-refractivity contribution in [3.63, 3.8) is 0 Å². The molecule has 3 heteroatoms. The molecule has 0 aliphatic carbocycles. The third kappa shape index (κ3) is 1.07. The standard InChI is InChI=1S/C8H10N3/c1-2-3-11-6-7-4-9-5-8(7)10-11/h2,6H,1,3-5H2. The Morgan fingerprint density at radius 2 is 2.55 bits per heavy atom. The number of fused-ring (bicyclic) bond motifs is 1. The van der Waals surface area contributed by atoms with Crippen LogP contribution >= 0.6 is 0 Å². The van der Waals surface area contributed by atoms with Crippen LogP contribution in [0.2, 0.25) is 0 Å². The molecule has 0 aromatic carbocycles. The number of hydrogen-bond acceptors (Lipinski definition) is 1. The fourth-order valence-corrected chi connectivity index (χ4v) is 1.28. The maximum atomic E-state index is 4.33. The van der Waals surface area contributed by atoms with Gasteiger partial charge >= 0.3 is 0 Å². The first-order chi connectivity index (χ1) is 5.40. The molecular weight excluding hydrogens is 138 g/mol. The molecule has 0 atom stereocenters. The summed E-state index contributed by atoms with van der Waals surface area (Å²) in [6.07, 6.45) is 3.90. The Balaban J connectivity index is 2.27. The average Bonchev–Trinajstić information content (AvgIpc) is 2.46. The van der Waals surface area contributed by atoms with Crippen molar-refractivity contribution in [3.05, 3.63) is 30.1 Å². The van der Waals surface area contributed by atoms with Crippen molar-refractivity contribution in [2.45, 2.75) is 19.6 Å². The SMILES string of the molecule is C=CCn1cc2c(n1)C[N]C2. The van der Waals surface area contributed by atoms with Crippen molar-refractivity contribution in [1.82, 2.24) is 15.1 Å². The topological polar surface area (TPSA) is 31.9 Å². The summed E-state index contributed by atoms with van der Waals surface area (Å²) in [4.78, 5) is 0. The number of hydrogen-bond donors (Lipinski definition) is 0. The van der Waals surface area contributed by atoms with Crippen molar-refractivity contribution in [1.29, 1.82) is 0 Å². The van der Waals surface area contributed by atoms with Gasteiger partial charge in [-0.1, -0.05) is 6.08 Å². The summed E-state index contributed by atoms with van der Waals surface area (Å²) in [5.74, 6) is 0. The summed E-state index contributed by atoms with van der Waals surface area (Å²) in [5.41, 5.74) is 2.40. The maximum Gasteiger partial charge on any atom is 0.0825 e. The van der Waals surface area contributed by atoms with E-state index in [1.165, 1.54) is 5.56 Å². The lowest BCUT2D eigenvalue weighted by Crippen LogP contribution is -2.00. The van der Waals surface area contributed by atoms with E-state index in [2.05, 4.69) is 17.0 Å². The van der Waals surface area contributed by atoms with E-state index in [4.69, 9.17) is 0 Å². The molecule has 0 amide bonds. The van der Waals surface area contributed by atoms with Gasteiger partial charge in [-0.05, 0) is 0 Å². The van der Waals surface area contributed by atoms with Gasteiger partial charge in [-0.2, -0.15) is 5.10 Å². The van der Waals surface area contributed by atoms with Crippen LogP contribution in [0.5, 0.6) is 0 Å². The zero-order valence-electron chi connectivity index (χ0n) is 6.32. The van der Waals surface area contributed by atoms with Crippen LogP contribution in [-0.4, -0.2) is 9.78 Å². The van der Waals surface area contributed by atoms with Gasteiger partial charge in [0.15, 0.2) is 0 Å². The van der Waals surface area contributed by atoms with Crippen LogP contribution in [0.4, 0.5) is 0 Å². The van der Waals surface area contributed by atoms with Gasteiger partial charge < -0.3 is 0 Å². The van der Waals surface area contributed by atoms with E-state index >= 15 is 0 Å². The molecule has 1 aromatic rings. The molecule has 0 spiro atoms. The summed E-state index contributed by atoms with van der Waals surface area (Å²) in [6.45, 7) is 6.08. The maximum absolute atomic E-state index is 4.33. The summed E-state index contributed by atoms with van der Waals surface area (Å²) in [6, 6.07) is 0. The van der Waals surface area contributed by atoms with Gasteiger partial charge in [-0.15, -0.1) is 6.58 Å². The second-order valence-corrected chi connectivity index (χ2v) is 2.65. The Bertz CT molecular complexity index is 253. The molecular formula is C8H10N3. The number of aromatic nitrogens is 2. The predicted molar refractivity (Wildman–Crippen MR) is 42.0 cm³/mol. The van der Waals surface area contributed by atoms with E-state index < -0.39 is 0 Å². The van der Waals surface area contributed by atoms with Gasteiger partial charge in [0.25, 0.3) is 0 Å². The Morgan fingerprint density at radius 1 is 1.64 bits per heavy atom. The average molecular weight is 148 g/mol. The van der Waals surface area contributed by atoms with Gasteiger partial charge in [-0.3, -0.25) is 4.68 Å². The molecule has 57 valence electrons. The van der Waals surface area contributed by atoms with Crippen LogP contribution < -0.4 is 5.32 Å². The third-order valence-corrected chi connectivity index (χ3v) is 1.78. The highest BCUT2D eigenvalue weighted by Crippen LogP contribution is 2.13. The first-order valence-electron chi connectivity index (χ1n) is 3.69. The van der Waals surface area contributed by atoms with Crippen LogP contribution in [0.1, 0.15) is 11.3 Å². The van der Waals surface area contributed by atoms with Gasteiger partial charge in [0.05, 0.1) is 18.8 Å². The fraction of sp³-hybridized carbons (Fsp3) is 0.375. The third-order valence-electron chi connectivity index (χ3n) is 1.78. The minimum absolute atomic E-state index is 0.791. The monoisotopic (exact) mass is 148 g/mol. The molecule has 2 heterocycles. The van der Waals surface area contributed by atoms with E-state index in [1.54, 1.807) is 0 Å². The van der Waals surface area contributed by atoms with E-state index in [9.17, 15) is 0 Å². The second-order valence-electron chi connectivity index (χ2n) is 2.65. The normalized spacial score (nSPS) is 14.9. The predicted octanol–water partition coefficient (Wildman–Crippen LogP) is 0.687. The first kappa shape index (κ1) is 6.61. The van der Waals surface area contributed by atoms with E-state index in [0.29, 0.717) is 0 Å². The lowest BCUT2D eigenvalue weighted by atomic mass is 10.3. The van der Waals surface area contributed by atoms with Crippen molar-refractivity contribution in [3.8, 4) is 0 Å². The first-order valence-corrected chi connectivity index (χ1v) is 3.69. The lowest BCUT2D eigenvalue weighted by Gasteiger charge is -1.93. The van der Waals surface area contributed by atoms with Crippen LogP contribution in [-0.2, 0) is 19.6 Å². The summed E-state index contributed by atoms with van der Waals surface area (Å²) in [7, 11) is 0. The molecule has 1 aliphatic heterocycles. The molecule has 0 N–H and O–H groups in total. The number of nitrogens with zero attached hydrogens (tertiary/aromatic N) is 3. The van der Waals surface area contributed by atoms with Crippen molar-refractivity contribution in [2.24, 2.45) is 0 Å². The van der Waals surface area contributed by atoms with Crippen LogP contribution in [0.3, 0.4) is 0 Å². The van der Waals surface area contributed by atoms with Gasteiger partial charge in [0.2, 0.25) is 0 Å². The van der Waals surface area contributed by atoms with Crippen molar-refractivity contribution >= 4 is 0 Å².